The summed E-state index contributed by atoms with van der Waals surface area (Å²) in [7, 11) is -3.44. The zero-order chi connectivity index (χ0) is 15.2. The molecular formula is C10H17BrN3O5P. The number of furan rings is 1. The Kier molecular flexibility index (Phi) is 6.84. The van der Waals surface area contributed by atoms with Crippen LogP contribution < -0.4 is 5.50 Å². The summed E-state index contributed by atoms with van der Waals surface area (Å²) in [5.41, 5.74) is 5.71. The molecule has 1 heterocycles. The lowest BCUT2D eigenvalue weighted by Gasteiger charge is -2.26. The van der Waals surface area contributed by atoms with Crippen LogP contribution in [0.4, 0.5) is 5.88 Å². The third-order valence-corrected chi connectivity index (χ3v) is 4.48. The van der Waals surface area contributed by atoms with Gasteiger partial charge in [-0.15, -0.1) is 0 Å². The fourth-order valence-electron chi connectivity index (χ4n) is 1.53. The standard InChI is InChI=1S/C10H17BrN3O5P/c1-2-6-13(7-5-11)20(12,17)18-8-9-3-4-10(19-9)14(15)16/h3-4H,2,5-8H2,1H3,(H2,12,17). The van der Waals surface area contributed by atoms with Crippen LogP contribution in [0, 0.1) is 10.1 Å². The van der Waals surface area contributed by atoms with Gasteiger partial charge >= 0.3 is 13.6 Å². The molecule has 0 aliphatic rings. The molecule has 10 heteroatoms. The molecule has 0 saturated heterocycles. The Morgan fingerprint density at radius 3 is 2.75 bits per heavy atom. The van der Waals surface area contributed by atoms with Crippen LogP contribution in [0.5, 0.6) is 0 Å². The van der Waals surface area contributed by atoms with E-state index in [4.69, 9.17) is 14.4 Å². The highest BCUT2D eigenvalue weighted by molar-refractivity contribution is 9.09. The lowest BCUT2D eigenvalue weighted by atomic mass is 10.5. The van der Waals surface area contributed by atoms with E-state index in [0.717, 1.165) is 6.42 Å². The Balaban J connectivity index is 2.64. The number of hydrogen-bond donors (Lipinski definition) is 1. The normalized spacial score (nSPS) is 14.4. The van der Waals surface area contributed by atoms with Gasteiger partial charge < -0.3 is 4.42 Å². The van der Waals surface area contributed by atoms with E-state index in [1.54, 1.807) is 4.67 Å². The van der Waals surface area contributed by atoms with Gasteiger partial charge in [-0.2, -0.15) is 0 Å². The fourth-order valence-corrected chi connectivity index (χ4v) is 3.56. The Bertz CT molecular complexity index is 489. The van der Waals surface area contributed by atoms with Crippen LogP contribution in [0.1, 0.15) is 19.1 Å². The van der Waals surface area contributed by atoms with Crippen LogP contribution in [0.3, 0.4) is 0 Å². The first-order chi connectivity index (χ1) is 9.40. The van der Waals surface area contributed by atoms with E-state index >= 15 is 0 Å². The molecular weight excluding hydrogens is 353 g/mol. The maximum Gasteiger partial charge on any atom is 0.433 e. The first-order valence-corrected chi connectivity index (χ1v) is 8.75. The average Bonchev–Trinajstić information content (AvgIpc) is 2.85. The van der Waals surface area contributed by atoms with Crippen molar-refractivity contribution in [3.8, 4) is 0 Å². The molecule has 114 valence electrons. The zero-order valence-corrected chi connectivity index (χ0v) is 13.5. The van der Waals surface area contributed by atoms with E-state index in [1.807, 2.05) is 6.92 Å². The van der Waals surface area contributed by atoms with E-state index in [2.05, 4.69) is 15.9 Å². The molecule has 0 aliphatic heterocycles. The molecule has 0 aromatic carbocycles. The van der Waals surface area contributed by atoms with Gasteiger partial charge in [0, 0.05) is 18.4 Å². The summed E-state index contributed by atoms with van der Waals surface area (Å²) >= 11 is 3.26. The summed E-state index contributed by atoms with van der Waals surface area (Å²) in [5.74, 6) is -0.181. The van der Waals surface area contributed by atoms with Crippen LogP contribution in [0.15, 0.2) is 16.5 Å². The van der Waals surface area contributed by atoms with Gasteiger partial charge in [0.25, 0.3) is 0 Å². The Hall–Kier alpha value is -0.730. The van der Waals surface area contributed by atoms with E-state index in [1.165, 1.54) is 12.1 Å². The van der Waals surface area contributed by atoms with E-state index < -0.39 is 12.6 Å². The minimum atomic E-state index is -3.44. The van der Waals surface area contributed by atoms with Crippen molar-refractivity contribution in [2.45, 2.75) is 20.0 Å². The first-order valence-electron chi connectivity index (χ1n) is 5.98. The van der Waals surface area contributed by atoms with E-state index in [9.17, 15) is 14.7 Å². The Morgan fingerprint density at radius 1 is 1.55 bits per heavy atom. The topological polar surface area (TPSA) is 112 Å². The van der Waals surface area contributed by atoms with Crippen molar-refractivity contribution in [3.05, 3.63) is 28.0 Å². The zero-order valence-electron chi connectivity index (χ0n) is 11.0. The molecule has 0 saturated carbocycles. The third-order valence-electron chi connectivity index (χ3n) is 2.44. The number of hydrogen-bond acceptors (Lipinski definition) is 5. The molecule has 2 N–H and O–H groups in total. The highest BCUT2D eigenvalue weighted by Gasteiger charge is 2.27. The summed E-state index contributed by atoms with van der Waals surface area (Å²) in [5, 5.41) is 11.1. The molecule has 0 amide bonds. The molecule has 20 heavy (non-hydrogen) atoms. The number of nitrogens with zero attached hydrogens (tertiary/aromatic N) is 2. The molecule has 1 rings (SSSR count). The monoisotopic (exact) mass is 369 g/mol. The van der Waals surface area contributed by atoms with Gasteiger partial charge in [-0.3, -0.25) is 19.2 Å². The summed E-state index contributed by atoms with van der Waals surface area (Å²) in [4.78, 5) is 9.82. The smallest absolute Gasteiger partial charge is 0.403 e. The number of nitro groups is 1. The molecule has 1 atom stereocenters. The SMILES string of the molecule is CCCN(CCBr)P(N)(=O)OCc1ccc([N+](=O)[O-])o1. The molecule has 0 spiro atoms. The molecule has 8 nitrogen and oxygen atoms in total. The summed E-state index contributed by atoms with van der Waals surface area (Å²) in [6.45, 7) is 2.79. The number of nitrogens with two attached hydrogens (primary N) is 1. The predicted molar refractivity (Wildman–Crippen MR) is 77.6 cm³/mol. The molecule has 1 unspecified atom stereocenters. The number of rotatable bonds is 9. The maximum atomic E-state index is 12.3. The van der Waals surface area contributed by atoms with Crippen molar-refractivity contribution in [1.82, 2.24) is 4.67 Å². The Labute approximate surface area is 125 Å². The van der Waals surface area contributed by atoms with Gasteiger partial charge in [0.05, 0.1) is 6.07 Å². The van der Waals surface area contributed by atoms with Crippen molar-refractivity contribution in [2.24, 2.45) is 5.50 Å². The first kappa shape index (κ1) is 17.3. The predicted octanol–water partition coefficient (Wildman–Crippen LogP) is 2.88. The van der Waals surface area contributed by atoms with Crippen molar-refractivity contribution in [3.63, 3.8) is 0 Å². The second-order valence-electron chi connectivity index (χ2n) is 3.98. The molecule has 1 aromatic heterocycles. The van der Waals surface area contributed by atoms with Crippen molar-refractivity contribution in [2.75, 3.05) is 18.4 Å². The molecule has 0 radical (unpaired) electrons. The van der Waals surface area contributed by atoms with Gasteiger partial charge in [0.2, 0.25) is 0 Å². The molecule has 0 bridgehead atoms. The second-order valence-corrected chi connectivity index (χ2v) is 6.72. The quantitative estimate of drug-likeness (QED) is 0.308. The van der Waals surface area contributed by atoms with Crippen molar-refractivity contribution >= 4 is 29.5 Å². The lowest BCUT2D eigenvalue weighted by molar-refractivity contribution is -0.402. The van der Waals surface area contributed by atoms with Crippen LogP contribution in [0.25, 0.3) is 0 Å². The largest absolute Gasteiger partial charge is 0.433 e. The summed E-state index contributed by atoms with van der Waals surface area (Å²) in [6, 6.07) is 2.61. The van der Waals surface area contributed by atoms with Crippen LogP contribution in [-0.2, 0) is 15.7 Å². The van der Waals surface area contributed by atoms with Crippen LogP contribution in [0.2, 0.25) is 0 Å². The second kappa shape index (κ2) is 7.90. The van der Waals surface area contributed by atoms with E-state index in [0.29, 0.717) is 18.4 Å². The highest BCUT2D eigenvalue weighted by atomic mass is 79.9. The molecule has 1 aromatic rings. The summed E-state index contributed by atoms with van der Waals surface area (Å²) < 4.78 is 24.0. The van der Waals surface area contributed by atoms with Gasteiger partial charge in [-0.25, -0.2) is 10.2 Å². The molecule has 0 aliphatic carbocycles. The van der Waals surface area contributed by atoms with Crippen LogP contribution in [-0.4, -0.2) is 28.0 Å². The minimum absolute atomic E-state index is 0.176. The maximum absolute atomic E-state index is 12.3. The number of alkyl halides is 1. The van der Waals surface area contributed by atoms with Gasteiger partial charge in [-0.05, 0) is 12.5 Å². The minimum Gasteiger partial charge on any atom is -0.403 e. The van der Waals surface area contributed by atoms with Crippen molar-refractivity contribution < 1.29 is 18.4 Å². The highest BCUT2D eigenvalue weighted by Crippen LogP contribution is 2.43. The summed E-state index contributed by atoms with van der Waals surface area (Å²) in [6.07, 6.45) is 0.782. The lowest BCUT2D eigenvalue weighted by Crippen LogP contribution is -2.28. The van der Waals surface area contributed by atoms with E-state index in [-0.39, 0.29) is 18.3 Å². The number of halogens is 1. The van der Waals surface area contributed by atoms with Gasteiger partial charge in [0.1, 0.15) is 17.3 Å². The average molecular weight is 370 g/mol. The third kappa shape index (κ3) is 4.99. The van der Waals surface area contributed by atoms with Crippen LogP contribution >= 0.6 is 23.6 Å². The van der Waals surface area contributed by atoms with Gasteiger partial charge in [0.15, 0.2) is 0 Å². The van der Waals surface area contributed by atoms with Gasteiger partial charge in [-0.1, -0.05) is 22.9 Å². The Morgan fingerprint density at radius 2 is 2.25 bits per heavy atom. The fraction of sp³-hybridized carbons (Fsp3) is 0.600. The van der Waals surface area contributed by atoms with Crippen molar-refractivity contribution in [1.29, 1.82) is 0 Å². The molecule has 0 fully saturated rings.